The number of nitrogens with zero attached hydrogens (tertiary/aromatic N) is 1. The van der Waals surface area contributed by atoms with Gasteiger partial charge in [-0.2, -0.15) is 11.8 Å². The van der Waals surface area contributed by atoms with Gasteiger partial charge in [-0.25, -0.2) is 13.6 Å². The standard InChI is InChI=1S/C12H19N3O2S2/c1-9-11(15-3-2-5-18-6-4-15)7-10(13)8-12(9)19(14,16)17/h7-8H,2-6,13H2,1H3,(H2,14,16,17). The van der Waals surface area contributed by atoms with E-state index in [0.29, 0.717) is 11.3 Å². The number of sulfonamides is 1. The Labute approximate surface area is 118 Å². The summed E-state index contributed by atoms with van der Waals surface area (Å²) in [5, 5.41) is 5.25. The normalized spacial score (nSPS) is 17.3. The van der Waals surface area contributed by atoms with Gasteiger partial charge in [-0.15, -0.1) is 0 Å². The van der Waals surface area contributed by atoms with Crippen molar-refractivity contribution in [1.29, 1.82) is 0 Å². The van der Waals surface area contributed by atoms with Gasteiger partial charge in [-0.05, 0) is 36.8 Å². The molecule has 0 spiro atoms. The summed E-state index contributed by atoms with van der Waals surface area (Å²) >= 11 is 1.92. The molecule has 0 amide bonds. The summed E-state index contributed by atoms with van der Waals surface area (Å²) in [6.45, 7) is 3.60. The number of benzene rings is 1. The maximum absolute atomic E-state index is 11.6. The lowest BCUT2D eigenvalue weighted by Crippen LogP contribution is -2.27. The van der Waals surface area contributed by atoms with Crippen LogP contribution in [0.5, 0.6) is 0 Å². The third kappa shape index (κ3) is 3.34. The van der Waals surface area contributed by atoms with Crippen LogP contribution >= 0.6 is 11.8 Å². The van der Waals surface area contributed by atoms with E-state index in [9.17, 15) is 8.42 Å². The largest absolute Gasteiger partial charge is 0.399 e. The number of thioether (sulfide) groups is 1. The number of nitrogens with two attached hydrogens (primary N) is 2. The zero-order valence-electron chi connectivity index (χ0n) is 10.9. The highest BCUT2D eigenvalue weighted by molar-refractivity contribution is 7.99. The molecular weight excluding hydrogens is 282 g/mol. The van der Waals surface area contributed by atoms with Gasteiger partial charge in [0.2, 0.25) is 10.0 Å². The Morgan fingerprint density at radius 1 is 1.26 bits per heavy atom. The first-order chi connectivity index (χ1) is 8.89. The first-order valence-corrected chi connectivity index (χ1v) is 8.85. The molecule has 0 aromatic heterocycles. The number of primary sulfonamides is 1. The highest BCUT2D eigenvalue weighted by atomic mass is 32.2. The molecule has 19 heavy (non-hydrogen) atoms. The van der Waals surface area contributed by atoms with E-state index in [1.165, 1.54) is 6.07 Å². The molecule has 1 saturated heterocycles. The van der Waals surface area contributed by atoms with Crippen LogP contribution in [-0.2, 0) is 10.0 Å². The molecule has 1 aromatic rings. The van der Waals surface area contributed by atoms with E-state index in [-0.39, 0.29) is 4.90 Å². The van der Waals surface area contributed by atoms with Crippen molar-refractivity contribution in [2.75, 3.05) is 35.2 Å². The second-order valence-corrected chi connectivity index (χ2v) is 7.42. The Balaban J connectivity index is 2.48. The lowest BCUT2D eigenvalue weighted by molar-refractivity contribution is 0.597. The molecule has 4 N–H and O–H groups in total. The number of nitrogen functional groups attached to an aromatic ring is 1. The Kier molecular flexibility index (Phi) is 4.27. The minimum Gasteiger partial charge on any atom is -0.399 e. The Morgan fingerprint density at radius 2 is 2.00 bits per heavy atom. The fourth-order valence-electron chi connectivity index (χ4n) is 2.30. The van der Waals surface area contributed by atoms with Crippen LogP contribution in [0, 0.1) is 6.92 Å². The average Bonchev–Trinajstić information content (AvgIpc) is 2.59. The second kappa shape index (κ2) is 5.60. The zero-order chi connectivity index (χ0) is 14.0. The molecule has 7 heteroatoms. The van der Waals surface area contributed by atoms with Crippen LogP contribution in [0.1, 0.15) is 12.0 Å². The minimum atomic E-state index is -3.74. The van der Waals surface area contributed by atoms with Gasteiger partial charge in [0, 0.05) is 30.2 Å². The number of rotatable bonds is 2. The van der Waals surface area contributed by atoms with Crippen molar-refractivity contribution >= 4 is 33.2 Å². The van der Waals surface area contributed by atoms with E-state index in [1.54, 1.807) is 6.92 Å². The maximum Gasteiger partial charge on any atom is 0.238 e. The van der Waals surface area contributed by atoms with Crippen molar-refractivity contribution in [3.05, 3.63) is 17.7 Å². The van der Waals surface area contributed by atoms with Crippen LogP contribution in [0.4, 0.5) is 11.4 Å². The molecule has 1 aliphatic rings. The highest BCUT2D eigenvalue weighted by Crippen LogP contribution is 2.30. The molecular formula is C12H19N3O2S2. The SMILES string of the molecule is Cc1c(N2CCCSCC2)cc(N)cc1S(N)(=O)=O. The quantitative estimate of drug-likeness (QED) is 0.800. The van der Waals surface area contributed by atoms with Crippen LogP contribution in [0.2, 0.25) is 0 Å². The molecule has 1 aliphatic heterocycles. The molecule has 0 saturated carbocycles. The fourth-order valence-corrected chi connectivity index (χ4v) is 4.02. The molecule has 1 aromatic carbocycles. The number of hydrogen-bond donors (Lipinski definition) is 2. The number of anilines is 2. The van der Waals surface area contributed by atoms with E-state index in [0.717, 1.165) is 36.7 Å². The van der Waals surface area contributed by atoms with Crippen molar-refractivity contribution in [2.45, 2.75) is 18.2 Å². The molecule has 5 nitrogen and oxygen atoms in total. The molecule has 0 aliphatic carbocycles. The lowest BCUT2D eigenvalue weighted by Gasteiger charge is -2.25. The van der Waals surface area contributed by atoms with E-state index < -0.39 is 10.0 Å². The van der Waals surface area contributed by atoms with E-state index in [2.05, 4.69) is 4.90 Å². The van der Waals surface area contributed by atoms with Crippen molar-refractivity contribution in [3.8, 4) is 0 Å². The van der Waals surface area contributed by atoms with Crippen LogP contribution in [0.15, 0.2) is 17.0 Å². The third-order valence-electron chi connectivity index (χ3n) is 3.22. The number of hydrogen-bond acceptors (Lipinski definition) is 5. The van der Waals surface area contributed by atoms with Crippen molar-refractivity contribution in [2.24, 2.45) is 5.14 Å². The summed E-state index contributed by atoms with van der Waals surface area (Å²) in [6.07, 6.45) is 1.09. The van der Waals surface area contributed by atoms with Gasteiger partial charge >= 0.3 is 0 Å². The highest BCUT2D eigenvalue weighted by Gasteiger charge is 2.19. The van der Waals surface area contributed by atoms with Gasteiger partial charge in [0.25, 0.3) is 0 Å². The Morgan fingerprint density at radius 3 is 2.68 bits per heavy atom. The van der Waals surface area contributed by atoms with Crippen LogP contribution in [-0.4, -0.2) is 33.0 Å². The summed E-state index contributed by atoms with van der Waals surface area (Å²) in [5.74, 6) is 2.18. The molecule has 0 bridgehead atoms. The second-order valence-electron chi connectivity index (χ2n) is 4.66. The van der Waals surface area contributed by atoms with Crippen LogP contribution in [0.3, 0.4) is 0 Å². The molecule has 106 valence electrons. The molecule has 0 radical (unpaired) electrons. The van der Waals surface area contributed by atoms with Crippen molar-refractivity contribution in [1.82, 2.24) is 0 Å². The first kappa shape index (κ1) is 14.5. The fraction of sp³-hybridized carbons (Fsp3) is 0.500. The van der Waals surface area contributed by atoms with Gasteiger partial charge in [0.1, 0.15) is 0 Å². The van der Waals surface area contributed by atoms with Crippen LogP contribution in [0.25, 0.3) is 0 Å². The molecule has 0 atom stereocenters. The van der Waals surface area contributed by atoms with Gasteiger partial charge in [-0.1, -0.05) is 0 Å². The van der Waals surface area contributed by atoms with E-state index >= 15 is 0 Å². The molecule has 2 rings (SSSR count). The van der Waals surface area contributed by atoms with Gasteiger partial charge in [0.15, 0.2) is 0 Å². The molecule has 0 unspecified atom stereocenters. The van der Waals surface area contributed by atoms with Gasteiger partial charge in [0.05, 0.1) is 4.90 Å². The van der Waals surface area contributed by atoms with Gasteiger partial charge < -0.3 is 10.6 Å². The summed E-state index contributed by atoms with van der Waals surface area (Å²) in [7, 11) is -3.74. The van der Waals surface area contributed by atoms with E-state index in [1.807, 2.05) is 17.8 Å². The topological polar surface area (TPSA) is 89.4 Å². The predicted octanol–water partition coefficient (Wildman–Crippen LogP) is 1.17. The Bertz CT molecular complexity index is 565. The average molecular weight is 301 g/mol. The zero-order valence-corrected chi connectivity index (χ0v) is 12.6. The smallest absolute Gasteiger partial charge is 0.238 e. The third-order valence-corrected chi connectivity index (χ3v) is 5.31. The van der Waals surface area contributed by atoms with Crippen molar-refractivity contribution in [3.63, 3.8) is 0 Å². The van der Waals surface area contributed by atoms with E-state index in [4.69, 9.17) is 10.9 Å². The Hall–Kier alpha value is -0.920. The minimum absolute atomic E-state index is 0.124. The molecule has 1 heterocycles. The maximum atomic E-state index is 11.6. The van der Waals surface area contributed by atoms with Crippen molar-refractivity contribution < 1.29 is 8.42 Å². The first-order valence-electron chi connectivity index (χ1n) is 6.15. The van der Waals surface area contributed by atoms with Crippen LogP contribution < -0.4 is 15.8 Å². The predicted molar refractivity (Wildman–Crippen MR) is 81.1 cm³/mol. The summed E-state index contributed by atoms with van der Waals surface area (Å²) < 4.78 is 23.2. The summed E-state index contributed by atoms with van der Waals surface area (Å²) in [6, 6.07) is 3.26. The summed E-state index contributed by atoms with van der Waals surface area (Å²) in [4.78, 5) is 2.32. The monoisotopic (exact) mass is 301 g/mol. The summed E-state index contributed by atoms with van der Waals surface area (Å²) in [5.41, 5.74) is 7.82. The lowest BCUT2D eigenvalue weighted by atomic mass is 10.1. The van der Waals surface area contributed by atoms with Gasteiger partial charge in [-0.3, -0.25) is 0 Å². The molecule has 1 fully saturated rings.